The maximum absolute atomic E-state index is 12.4. The number of aryl methyl sites for hydroxylation is 2. The van der Waals surface area contributed by atoms with Gasteiger partial charge in [-0.15, -0.1) is 11.3 Å². The van der Waals surface area contributed by atoms with Gasteiger partial charge in [0, 0.05) is 30.4 Å². The average Bonchev–Trinajstić information content (AvgIpc) is 3.11. The van der Waals surface area contributed by atoms with Gasteiger partial charge in [-0.25, -0.2) is 9.97 Å². The lowest BCUT2D eigenvalue weighted by molar-refractivity contribution is 0.0959. The molecule has 0 atom stereocenters. The molecule has 0 saturated heterocycles. The van der Waals surface area contributed by atoms with Crippen molar-refractivity contribution in [3.8, 4) is 10.4 Å². The summed E-state index contributed by atoms with van der Waals surface area (Å²) in [6.07, 6.45) is 5.41. The lowest BCUT2D eigenvalue weighted by atomic mass is 9.91. The summed E-state index contributed by atoms with van der Waals surface area (Å²) in [5.41, 5.74) is 3.93. The van der Waals surface area contributed by atoms with Gasteiger partial charge in [-0.2, -0.15) is 0 Å². The van der Waals surface area contributed by atoms with Gasteiger partial charge >= 0.3 is 0 Å². The van der Waals surface area contributed by atoms with E-state index in [-0.39, 0.29) is 5.91 Å². The summed E-state index contributed by atoms with van der Waals surface area (Å²) in [5, 5.41) is 6.04. The molecular formula is C19H18N4OS. The number of carbonyl (C=O) groups excluding carboxylic acids is 1. The number of nitrogens with zero attached hydrogens (tertiary/aromatic N) is 2. The second kappa shape index (κ2) is 7.03. The topological polar surface area (TPSA) is 66.9 Å². The first-order valence-corrected chi connectivity index (χ1v) is 9.13. The number of thiophene rings is 1. The van der Waals surface area contributed by atoms with Crippen molar-refractivity contribution in [3.63, 3.8) is 0 Å². The van der Waals surface area contributed by atoms with Gasteiger partial charge in [0.25, 0.3) is 5.91 Å². The smallest absolute Gasteiger partial charge is 0.261 e. The highest BCUT2D eigenvalue weighted by atomic mass is 32.1. The van der Waals surface area contributed by atoms with E-state index in [1.807, 2.05) is 6.07 Å². The zero-order chi connectivity index (χ0) is 17.1. The number of rotatable bonds is 5. The van der Waals surface area contributed by atoms with Gasteiger partial charge in [-0.05, 0) is 41.7 Å². The summed E-state index contributed by atoms with van der Waals surface area (Å²) in [5.74, 6) is 0.549. The van der Waals surface area contributed by atoms with Crippen molar-refractivity contribution in [2.45, 2.75) is 12.8 Å². The van der Waals surface area contributed by atoms with Gasteiger partial charge in [-0.1, -0.05) is 24.3 Å². The Bertz CT molecular complexity index is 891. The van der Waals surface area contributed by atoms with Crippen LogP contribution in [0.15, 0.2) is 48.8 Å². The predicted molar refractivity (Wildman–Crippen MR) is 100 cm³/mol. The quantitative estimate of drug-likeness (QED) is 0.694. The maximum atomic E-state index is 12.4. The van der Waals surface area contributed by atoms with Crippen molar-refractivity contribution in [2.24, 2.45) is 0 Å². The van der Waals surface area contributed by atoms with Gasteiger partial charge in [0.15, 0.2) is 0 Å². The van der Waals surface area contributed by atoms with Crippen LogP contribution in [0.2, 0.25) is 0 Å². The molecule has 1 aliphatic rings. The van der Waals surface area contributed by atoms with E-state index in [9.17, 15) is 4.79 Å². The van der Waals surface area contributed by atoms with E-state index in [0.29, 0.717) is 19.0 Å². The third-order valence-corrected chi connectivity index (χ3v) is 5.43. The Kier molecular flexibility index (Phi) is 4.43. The van der Waals surface area contributed by atoms with Gasteiger partial charge in [0.05, 0.1) is 4.88 Å². The van der Waals surface area contributed by atoms with Crippen molar-refractivity contribution in [2.75, 3.05) is 18.4 Å². The third-order valence-electron chi connectivity index (χ3n) is 4.22. The molecule has 0 unspecified atom stereocenters. The summed E-state index contributed by atoms with van der Waals surface area (Å²) in [6.45, 7) is 1.11. The molecule has 6 heteroatoms. The number of anilines is 1. The molecule has 4 rings (SSSR count). The molecule has 2 aromatic heterocycles. The first kappa shape index (κ1) is 15.8. The Labute approximate surface area is 150 Å². The minimum atomic E-state index is -0.0207. The Balaban J connectivity index is 1.38. The van der Waals surface area contributed by atoms with Crippen molar-refractivity contribution in [1.29, 1.82) is 0 Å². The molecule has 0 saturated carbocycles. The highest BCUT2D eigenvalue weighted by Gasteiger charge is 2.21. The molecule has 0 radical (unpaired) electrons. The summed E-state index contributed by atoms with van der Waals surface area (Å²) in [4.78, 5) is 22.6. The van der Waals surface area contributed by atoms with Crippen LogP contribution in [-0.2, 0) is 12.8 Å². The molecule has 5 nitrogen and oxygen atoms in total. The average molecular weight is 350 g/mol. The molecule has 0 spiro atoms. The number of fused-ring (bicyclic) bond motifs is 3. The number of carbonyl (C=O) groups is 1. The molecule has 25 heavy (non-hydrogen) atoms. The van der Waals surface area contributed by atoms with E-state index < -0.39 is 0 Å². The summed E-state index contributed by atoms with van der Waals surface area (Å²) < 4.78 is 0. The van der Waals surface area contributed by atoms with E-state index in [2.05, 4.69) is 44.9 Å². The molecule has 1 aromatic carbocycles. The summed E-state index contributed by atoms with van der Waals surface area (Å²) in [7, 11) is 0. The highest BCUT2D eigenvalue weighted by molar-refractivity contribution is 7.17. The Morgan fingerprint density at radius 2 is 1.84 bits per heavy atom. The largest absolute Gasteiger partial charge is 0.352 e. The number of hydrogen-bond donors (Lipinski definition) is 2. The monoisotopic (exact) mass is 350 g/mol. The van der Waals surface area contributed by atoms with Crippen LogP contribution in [0.5, 0.6) is 0 Å². The summed E-state index contributed by atoms with van der Waals surface area (Å²) in [6, 6.07) is 12.3. The van der Waals surface area contributed by atoms with Crippen LogP contribution in [0.1, 0.15) is 20.8 Å². The predicted octanol–water partition coefficient (Wildman–Crippen LogP) is 3.15. The molecule has 3 aromatic rings. The van der Waals surface area contributed by atoms with Crippen LogP contribution in [-0.4, -0.2) is 29.0 Å². The molecule has 2 heterocycles. The molecule has 0 fully saturated rings. The van der Waals surface area contributed by atoms with Crippen LogP contribution >= 0.6 is 11.3 Å². The second-order valence-corrected chi connectivity index (χ2v) is 6.93. The van der Waals surface area contributed by atoms with Crippen molar-refractivity contribution < 1.29 is 4.79 Å². The Morgan fingerprint density at radius 3 is 2.72 bits per heavy atom. The second-order valence-electron chi connectivity index (χ2n) is 5.88. The van der Waals surface area contributed by atoms with Crippen LogP contribution < -0.4 is 10.6 Å². The first-order valence-electron chi connectivity index (χ1n) is 8.31. The highest BCUT2D eigenvalue weighted by Crippen LogP contribution is 2.39. The molecule has 0 bridgehead atoms. The lowest BCUT2D eigenvalue weighted by Gasteiger charge is -2.15. The first-order chi connectivity index (χ1) is 12.3. The van der Waals surface area contributed by atoms with E-state index in [4.69, 9.17) is 0 Å². The number of aromatic nitrogens is 2. The lowest BCUT2D eigenvalue weighted by Crippen LogP contribution is -2.28. The number of hydrogen-bond acceptors (Lipinski definition) is 5. The molecular weight excluding hydrogens is 332 g/mol. The summed E-state index contributed by atoms with van der Waals surface area (Å²) >= 11 is 1.58. The minimum Gasteiger partial charge on any atom is -0.352 e. The third kappa shape index (κ3) is 3.39. The van der Waals surface area contributed by atoms with Crippen molar-refractivity contribution in [3.05, 3.63) is 64.8 Å². The molecule has 1 amide bonds. The fraction of sp³-hybridized carbons (Fsp3) is 0.211. The molecule has 126 valence electrons. The zero-order valence-electron chi connectivity index (χ0n) is 13.7. The zero-order valence-corrected chi connectivity index (χ0v) is 14.5. The number of benzene rings is 1. The number of nitrogens with one attached hydrogen (secondary N) is 2. The van der Waals surface area contributed by atoms with Gasteiger partial charge < -0.3 is 10.6 Å². The van der Waals surface area contributed by atoms with Crippen LogP contribution in [0, 0.1) is 0 Å². The fourth-order valence-electron chi connectivity index (χ4n) is 3.01. The molecule has 0 aliphatic heterocycles. The van der Waals surface area contributed by atoms with Gasteiger partial charge in [0.1, 0.15) is 0 Å². The normalized spacial score (nSPS) is 12.2. The van der Waals surface area contributed by atoms with Gasteiger partial charge in [0.2, 0.25) is 5.95 Å². The molecule has 2 N–H and O–H groups in total. The fourth-order valence-corrected chi connectivity index (χ4v) is 4.20. The van der Waals surface area contributed by atoms with Crippen LogP contribution in [0.4, 0.5) is 5.95 Å². The standard InChI is InChI=1S/C19H18N4OS/c24-18(20-10-11-23-19-21-8-3-9-22-19)16-12-14-7-6-13-4-1-2-5-15(13)17(14)25-16/h1-5,8-9,12H,6-7,10-11H2,(H,20,24)(H,21,22,23). The van der Waals surface area contributed by atoms with Crippen LogP contribution in [0.3, 0.4) is 0 Å². The van der Waals surface area contributed by atoms with Crippen molar-refractivity contribution >= 4 is 23.2 Å². The van der Waals surface area contributed by atoms with Gasteiger partial charge in [-0.3, -0.25) is 4.79 Å². The minimum absolute atomic E-state index is 0.0207. The maximum Gasteiger partial charge on any atom is 0.261 e. The van der Waals surface area contributed by atoms with Crippen LogP contribution in [0.25, 0.3) is 10.4 Å². The Morgan fingerprint density at radius 1 is 1.04 bits per heavy atom. The van der Waals surface area contributed by atoms with E-state index >= 15 is 0 Å². The SMILES string of the molecule is O=C(NCCNc1ncccn1)c1cc2c(s1)-c1ccccc1CC2. The van der Waals surface area contributed by atoms with Crippen molar-refractivity contribution in [1.82, 2.24) is 15.3 Å². The number of amides is 1. The van der Waals surface area contributed by atoms with E-state index in [1.165, 1.54) is 21.6 Å². The Hall–Kier alpha value is -2.73. The molecule has 1 aliphatic carbocycles. The van der Waals surface area contributed by atoms with E-state index in [0.717, 1.165) is 17.7 Å². The van der Waals surface area contributed by atoms with E-state index in [1.54, 1.807) is 29.8 Å².